The Labute approximate surface area is 179 Å². The van der Waals surface area contributed by atoms with Gasteiger partial charge in [-0.15, -0.1) is 0 Å². The average Bonchev–Trinajstić information content (AvgIpc) is 2.79. The highest BCUT2D eigenvalue weighted by molar-refractivity contribution is 5.88. The van der Waals surface area contributed by atoms with Crippen molar-refractivity contribution in [3.05, 3.63) is 83.2 Å². The molecular weight excluding hydrogens is 394 g/mol. The van der Waals surface area contributed by atoms with Crippen LogP contribution in [0.4, 0.5) is 5.69 Å². The molecule has 0 saturated heterocycles. The summed E-state index contributed by atoms with van der Waals surface area (Å²) in [5, 5.41) is 10.7. The molecule has 0 bridgehead atoms. The number of hydrogen-bond acceptors (Lipinski definition) is 5. The summed E-state index contributed by atoms with van der Waals surface area (Å²) < 4.78 is 16.9. The highest BCUT2D eigenvalue weighted by Gasteiger charge is 2.11. The van der Waals surface area contributed by atoms with Crippen LogP contribution in [0.1, 0.15) is 15.9 Å². The fourth-order valence-corrected chi connectivity index (χ4v) is 3.32. The number of rotatable bonds is 5. The van der Waals surface area contributed by atoms with Crippen molar-refractivity contribution in [3.63, 3.8) is 0 Å². The maximum atomic E-state index is 11.1. The van der Waals surface area contributed by atoms with Gasteiger partial charge in [-0.05, 0) is 61.5 Å². The molecule has 1 heterocycles. The van der Waals surface area contributed by atoms with E-state index < -0.39 is 5.97 Å². The predicted octanol–water partition coefficient (Wildman–Crippen LogP) is 5.36. The van der Waals surface area contributed by atoms with Gasteiger partial charge in [-0.1, -0.05) is 11.6 Å². The molecule has 1 N–H and O–H groups in total. The fourth-order valence-electron chi connectivity index (χ4n) is 3.32. The van der Waals surface area contributed by atoms with Crippen molar-refractivity contribution in [1.29, 1.82) is 0 Å². The van der Waals surface area contributed by atoms with Crippen LogP contribution in [-0.2, 0) is 0 Å². The summed E-state index contributed by atoms with van der Waals surface area (Å²) in [5.41, 5.74) is 3.46. The number of hydrogen-bond donors (Lipinski definition) is 1. The molecule has 4 aromatic rings. The Hall–Kier alpha value is -4.06. The number of ether oxygens (including phenoxy) is 2. The Morgan fingerprint density at radius 1 is 0.903 bits per heavy atom. The number of benzene rings is 3. The first-order valence-electron chi connectivity index (χ1n) is 9.63. The Bertz CT molecular complexity index is 1340. The third-order valence-electron chi connectivity index (χ3n) is 4.93. The van der Waals surface area contributed by atoms with Gasteiger partial charge in [0.1, 0.15) is 11.3 Å². The summed E-state index contributed by atoms with van der Waals surface area (Å²) in [5.74, 6) is 0.883. The maximum Gasteiger partial charge on any atom is 0.335 e. The summed E-state index contributed by atoms with van der Waals surface area (Å²) in [6.07, 6.45) is 0. The second kappa shape index (κ2) is 8.36. The first-order chi connectivity index (χ1) is 15.0. The van der Waals surface area contributed by atoms with E-state index in [0.717, 1.165) is 21.9 Å². The van der Waals surface area contributed by atoms with Gasteiger partial charge in [-0.3, -0.25) is 0 Å². The van der Waals surface area contributed by atoms with Crippen molar-refractivity contribution in [2.75, 3.05) is 14.2 Å². The zero-order valence-electron chi connectivity index (χ0n) is 17.4. The predicted molar refractivity (Wildman–Crippen MR) is 118 cm³/mol. The van der Waals surface area contributed by atoms with Gasteiger partial charge < -0.3 is 19.0 Å². The molecule has 156 valence electrons. The molecule has 0 radical (unpaired) electrons. The summed E-state index contributed by atoms with van der Waals surface area (Å²) in [7, 11) is 3.18. The molecule has 0 saturated carbocycles. The van der Waals surface area contributed by atoms with E-state index in [4.69, 9.17) is 24.0 Å². The van der Waals surface area contributed by atoms with E-state index in [1.807, 2.05) is 49.4 Å². The molecule has 0 unspecified atom stereocenters. The molecule has 0 amide bonds. The lowest BCUT2D eigenvalue weighted by Crippen LogP contribution is -2.04. The summed E-state index contributed by atoms with van der Waals surface area (Å²) in [4.78, 5) is 15.9. The molecule has 0 aliphatic heterocycles. The van der Waals surface area contributed by atoms with Crippen molar-refractivity contribution in [2.24, 2.45) is 4.99 Å². The van der Waals surface area contributed by atoms with Gasteiger partial charge in [0, 0.05) is 17.0 Å². The second-order valence-corrected chi connectivity index (χ2v) is 7.03. The van der Waals surface area contributed by atoms with Crippen LogP contribution in [0.3, 0.4) is 0 Å². The van der Waals surface area contributed by atoms with Crippen LogP contribution in [0.5, 0.6) is 11.5 Å². The minimum absolute atomic E-state index is 0.216. The second-order valence-electron chi connectivity index (χ2n) is 7.03. The van der Waals surface area contributed by atoms with Gasteiger partial charge in [-0.2, -0.15) is 0 Å². The molecule has 4 rings (SSSR count). The molecule has 0 spiro atoms. The standard InChI is InChI=1S/C25H21NO5/c1-15-4-10-21-19(12-15)20(26-18-8-5-16(6-9-18)25(27)28)14-23(31-21)17-7-11-22(29-2)24(13-17)30-3/h4-14H,1-3H3,(H,27,28). The first-order valence-corrected chi connectivity index (χ1v) is 9.63. The fraction of sp³-hybridized carbons (Fsp3) is 0.120. The third-order valence-corrected chi connectivity index (χ3v) is 4.93. The number of carboxylic acid groups (broad SMARTS) is 1. The van der Waals surface area contributed by atoms with Crippen LogP contribution in [0.15, 0.2) is 76.1 Å². The summed E-state index contributed by atoms with van der Waals surface area (Å²) >= 11 is 0. The van der Waals surface area contributed by atoms with Crippen LogP contribution in [0, 0.1) is 6.92 Å². The molecule has 1 aromatic heterocycles. The zero-order valence-corrected chi connectivity index (χ0v) is 17.4. The van der Waals surface area contributed by atoms with E-state index in [1.54, 1.807) is 26.4 Å². The van der Waals surface area contributed by atoms with E-state index >= 15 is 0 Å². The lowest BCUT2D eigenvalue weighted by Gasteiger charge is -2.10. The van der Waals surface area contributed by atoms with Crippen LogP contribution in [0.25, 0.3) is 22.3 Å². The molecular formula is C25H21NO5. The molecule has 0 aliphatic rings. The number of nitrogens with zero attached hydrogens (tertiary/aromatic N) is 1. The van der Waals surface area contributed by atoms with Gasteiger partial charge in [-0.25, -0.2) is 9.79 Å². The van der Waals surface area contributed by atoms with Crippen LogP contribution < -0.4 is 14.8 Å². The Morgan fingerprint density at radius 2 is 1.65 bits per heavy atom. The van der Waals surface area contributed by atoms with Crippen molar-refractivity contribution in [1.82, 2.24) is 0 Å². The van der Waals surface area contributed by atoms with Gasteiger partial charge in [0.25, 0.3) is 0 Å². The highest BCUT2D eigenvalue weighted by atomic mass is 16.5. The zero-order chi connectivity index (χ0) is 22.0. The van der Waals surface area contributed by atoms with Crippen molar-refractivity contribution >= 4 is 22.6 Å². The van der Waals surface area contributed by atoms with Crippen molar-refractivity contribution < 1.29 is 23.8 Å². The Balaban J connectivity index is 1.92. The molecule has 6 heteroatoms. The number of carboxylic acids is 1. The normalized spacial score (nSPS) is 11.5. The van der Waals surface area contributed by atoms with E-state index in [1.165, 1.54) is 12.1 Å². The van der Waals surface area contributed by atoms with E-state index in [0.29, 0.717) is 28.5 Å². The van der Waals surface area contributed by atoms with Crippen LogP contribution in [-0.4, -0.2) is 25.3 Å². The number of methoxy groups -OCH3 is 2. The first kappa shape index (κ1) is 20.2. The largest absolute Gasteiger partial charge is 0.493 e. The molecule has 6 nitrogen and oxygen atoms in total. The topological polar surface area (TPSA) is 81.3 Å². The average molecular weight is 415 g/mol. The third kappa shape index (κ3) is 4.14. The molecule has 0 fully saturated rings. The van der Waals surface area contributed by atoms with E-state index in [-0.39, 0.29) is 5.56 Å². The maximum absolute atomic E-state index is 11.1. The quantitative estimate of drug-likeness (QED) is 0.475. The summed E-state index contributed by atoms with van der Waals surface area (Å²) in [6.45, 7) is 2.01. The Morgan fingerprint density at radius 3 is 2.32 bits per heavy atom. The van der Waals surface area contributed by atoms with Gasteiger partial charge in [0.05, 0.1) is 30.8 Å². The van der Waals surface area contributed by atoms with Gasteiger partial charge in [0.2, 0.25) is 0 Å². The number of aryl methyl sites for hydroxylation is 1. The van der Waals surface area contributed by atoms with Gasteiger partial charge in [0.15, 0.2) is 11.5 Å². The molecule has 0 aliphatic carbocycles. The van der Waals surface area contributed by atoms with Crippen molar-refractivity contribution in [3.8, 4) is 22.8 Å². The monoisotopic (exact) mass is 415 g/mol. The smallest absolute Gasteiger partial charge is 0.335 e. The van der Waals surface area contributed by atoms with E-state index in [9.17, 15) is 4.79 Å². The van der Waals surface area contributed by atoms with Crippen LogP contribution >= 0.6 is 0 Å². The minimum atomic E-state index is -0.970. The molecule has 31 heavy (non-hydrogen) atoms. The Kier molecular flexibility index (Phi) is 5.45. The lowest BCUT2D eigenvalue weighted by molar-refractivity contribution is 0.0697. The SMILES string of the molecule is COc1ccc(-c2cc(=Nc3ccc(C(=O)O)cc3)c3cc(C)ccc3o2)cc1OC. The molecule has 3 aromatic carbocycles. The van der Waals surface area contributed by atoms with Crippen molar-refractivity contribution in [2.45, 2.75) is 6.92 Å². The minimum Gasteiger partial charge on any atom is -0.493 e. The molecule has 0 atom stereocenters. The number of fused-ring (bicyclic) bond motifs is 1. The lowest BCUT2D eigenvalue weighted by atomic mass is 10.1. The van der Waals surface area contributed by atoms with E-state index in [2.05, 4.69) is 0 Å². The highest BCUT2D eigenvalue weighted by Crippen LogP contribution is 2.33. The summed E-state index contributed by atoms with van der Waals surface area (Å²) in [6, 6.07) is 19.8. The number of carbonyl (C=O) groups is 1. The van der Waals surface area contributed by atoms with Crippen LogP contribution in [0.2, 0.25) is 0 Å². The van der Waals surface area contributed by atoms with Gasteiger partial charge >= 0.3 is 5.97 Å². The number of aromatic carboxylic acids is 1.